The van der Waals surface area contributed by atoms with E-state index in [4.69, 9.17) is 0 Å². The first-order valence-corrected chi connectivity index (χ1v) is 10.7. The Morgan fingerprint density at radius 3 is 1.23 bits per heavy atom. The van der Waals surface area contributed by atoms with Crippen molar-refractivity contribution in [3.63, 3.8) is 0 Å². The predicted octanol–water partition coefficient (Wildman–Crippen LogP) is 5.86. The molecule has 26 heavy (non-hydrogen) atoms. The maximum atomic E-state index is 10.7. The molecule has 0 saturated carbocycles. The van der Waals surface area contributed by atoms with Crippen LogP contribution in [0.1, 0.15) is 107 Å². The minimum Gasteiger partial charge on any atom is -0.313 e. The van der Waals surface area contributed by atoms with Crippen molar-refractivity contribution in [2.45, 2.75) is 129 Å². The molecule has 2 rings (SSSR count). The van der Waals surface area contributed by atoms with E-state index >= 15 is 0 Å². The molecule has 0 aliphatic carbocycles. The van der Waals surface area contributed by atoms with Crippen LogP contribution in [0.25, 0.3) is 0 Å². The van der Waals surface area contributed by atoms with Crippen molar-refractivity contribution in [1.29, 1.82) is 0 Å². The lowest BCUT2D eigenvalue weighted by Crippen LogP contribution is -2.52. The molecule has 2 atom stereocenters. The van der Waals surface area contributed by atoms with E-state index in [9.17, 15) is 10.4 Å². The second-order valence-electron chi connectivity index (χ2n) is 11.7. The fraction of sp³-hybridized carbons (Fsp3) is 1.00. The van der Waals surface area contributed by atoms with Gasteiger partial charge in [0.05, 0.1) is 0 Å². The molecular weight excluding hydrogens is 324 g/mol. The molecule has 2 aliphatic rings. The van der Waals surface area contributed by atoms with Crippen LogP contribution in [-0.2, 0) is 0 Å². The first-order valence-electron chi connectivity index (χ1n) is 10.7. The third-order valence-corrected chi connectivity index (χ3v) is 7.18. The zero-order valence-corrected chi connectivity index (χ0v) is 18.6. The molecule has 4 heteroatoms. The van der Waals surface area contributed by atoms with Crippen LogP contribution in [0.3, 0.4) is 0 Å². The average Bonchev–Trinajstić information content (AvgIpc) is 2.64. The zero-order chi connectivity index (χ0) is 20.0. The van der Waals surface area contributed by atoms with Crippen LogP contribution < -0.4 is 0 Å². The maximum absolute atomic E-state index is 10.7. The van der Waals surface area contributed by atoms with E-state index in [0.717, 1.165) is 25.7 Å². The van der Waals surface area contributed by atoms with E-state index in [1.165, 1.54) is 25.7 Å². The van der Waals surface area contributed by atoms with Crippen molar-refractivity contribution in [3.05, 3.63) is 0 Å². The van der Waals surface area contributed by atoms with Crippen LogP contribution in [0, 0.1) is 11.8 Å². The molecule has 0 aromatic rings. The van der Waals surface area contributed by atoms with Gasteiger partial charge in [0, 0.05) is 22.2 Å². The van der Waals surface area contributed by atoms with Crippen LogP contribution in [-0.4, -0.2) is 42.7 Å². The van der Waals surface area contributed by atoms with Gasteiger partial charge < -0.3 is 10.4 Å². The smallest absolute Gasteiger partial charge is 0.0413 e. The second-order valence-corrected chi connectivity index (χ2v) is 11.7. The first-order chi connectivity index (χ1) is 11.7. The summed E-state index contributed by atoms with van der Waals surface area (Å²) in [4.78, 5) is 0. The third-order valence-electron chi connectivity index (χ3n) is 7.18. The van der Waals surface area contributed by atoms with Gasteiger partial charge in [-0.25, -0.2) is 0 Å². The zero-order valence-electron chi connectivity index (χ0n) is 18.6. The second kappa shape index (κ2) is 7.35. The highest BCUT2D eigenvalue weighted by atomic mass is 16.5. The summed E-state index contributed by atoms with van der Waals surface area (Å²) in [7, 11) is 0. The molecule has 2 heterocycles. The Morgan fingerprint density at radius 2 is 0.923 bits per heavy atom. The van der Waals surface area contributed by atoms with Gasteiger partial charge in [-0.1, -0.05) is 12.8 Å². The molecule has 0 amide bonds. The Hall–Kier alpha value is -0.160. The minimum absolute atomic E-state index is 0.149. The van der Waals surface area contributed by atoms with Gasteiger partial charge >= 0.3 is 0 Å². The molecule has 0 bridgehead atoms. The summed E-state index contributed by atoms with van der Waals surface area (Å²) in [6.45, 7) is 17.3. The third kappa shape index (κ3) is 4.81. The molecule has 0 spiro atoms. The molecule has 2 unspecified atom stereocenters. The van der Waals surface area contributed by atoms with Crippen LogP contribution in [0.4, 0.5) is 0 Å². The molecule has 0 aromatic carbocycles. The topological polar surface area (TPSA) is 46.9 Å². The molecule has 0 aromatic heterocycles. The molecule has 2 aliphatic heterocycles. The van der Waals surface area contributed by atoms with Crippen molar-refractivity contribution in [2.75, 3.05) is 0 Å². The van der Waals surface area contributed by atoms with Gasteiger partial charge in [0.15, 0.2) is 0 Å². The lowest BCUT2D eigenvalue weighted by atomic mass is 9.81. The van der Waals surface area contributed by atoms with Crippen molar-refractivity contribution < 1.29 is 10.4 Å². The van der Waals surface area contributed by atoms with Gasteiger partial charge in [-0.3, -0.25) is 0 Å². The Kier molecular flexibility index (Phi) is 6.25. The lowest BCUT2D eigenvalue weighted by Gasteiger charge is -2.42. The van der Waals surface area contributed by atoms with E-state index in [-0.39, 0.29) is 22.2 Å². The monoisotopic (exact) mass is 368 g/mol. The number of nitrogens with zero attached hydrogens (tertiary/aromatic N) is 2. The SMILES string of the molecule is CC1(C)CCC(CCC2CCC(C)(C)N(O)C(C)(C)C2)CC(C)(C)N1O. The molecule has 4 nitrogen and oxygen atoms in total. The molecule has 2 fully saturated rings. The number of hydrogen-bond donors (Lipinski definition) is 2. The number of rotatable bonds is 3. The van der Waals surface area contributed by atoms with Gasteiger partial charge in [0.2, 0.25) is 0 Å². The fourth-order valence-corrected chi connectivity index (χ4v) is 5.72. The van der Waals surface area contributed by atoms with E-state index in [1.807, 2.05) is 0 Å². The summed E-state index contributed by atoms with van der Waals surface area (Å²) in [5.41, 5.74) is -0.636. The average molecular weight is 369 g/mol. The molecular formula is C22H44N2O2. The maximum Gasteiger partial charge on any atom is 0.0413 e. The molecule has 2 saturated heterocycles. The van der Waals surface area contributed by atoms with E-state index < -0.39 is 0 Å². The van der Waals surface area contributed by atoms with Gasteiger partial charge in [0.1, 0.15) is 0 Å². The van der Waals surface area contributed by atoms with E-state index in [0.29, 0.717) is 11.8 Å². The largest absolute Gasteiger partial charge is 0.313 e. The highest BCUT2D eigenvalue weighted by molar-refractivity contribution is 4.95. The quantitative estimate of drug-likeness (QED) is 0.654. The van der Waals surface area contributed by atoms with Gasteiger partial charge in [-0.15, -0.1) is 0 Å². The summed E-state index contributed by atoms with van der Waals surface area (Å²) < 4.78 is 0. The predicted molar refractivity (Wildman–Crippen MR) is 107 cm³/mol. The summed E-state index contributed by atoms with van der Waals surface area (Å²) in [6.07, 6.45) is 9.07. The highest BCUT2D eigenvalue weighted by Gasteiger charge is 2.43. The van der Waals surface area contributed by atoms with Crippen LogP contribution in [0.5, 0.6) is 0 Å². The van der Waals surface area contributed by atoms with Crippen LogP contribution in [0.15, 0.2) is 0 Å². The summed E-state index contributed by atoms with van der Waals surface area (Å²) in [5.74, 6) is 1.34. The normalized spacial score (nSPS) is 34.8. The number of hydrogen-bond acceptors (Lipinski definition) is 4. The first kappa shape index (κ1) is 22.1. The standard InChI is InChI=1S/C22H44N2O2/c1-19(2)13-11-17(15-21(5,6)23(19)25)9-10-18-12-14-20(3,4)24(26)22(7,8)16-18/h17-18,25-26H,9-16H2,1-8H3. The number of hydroxylamine groups is 4. The van der Waals surface area contributed by atoms with E-state index in [1.54, 1.807) is 10.1 Å². The van der Waals surface area contributed by atoms with Crippen molar-refractivity contribution in [3.8, 4) is 0 Å². The van der Waals surface area contributed by atoms with Crippen LogP contribution in [0.2, 0.25) is 0 Å². The van der Waals surface area contributed by atoms with Crippen molar-refractivity contribution >= 4 is 0 Å². The minimum atomic E-state index is -0.169. The van der Waals surface area contributed by atoms with Crippen molar-refractivity contribution in [1.82, 2.24) is 10.1 Å². The van der Waals surface area contributed by atoms with Gasteiger partial charge in [-0.05, 0) is 106 Å². The fourth-order valence-electron chi connectivity index (χ4n) is 5.72. The summed E-state index contributed by atoms with van der Waals surface area (Å²) in [6, 6.07) is 0. The summed E-state index contributed by atoms with van der Waals surface area (Å²) >= 11 is 0. The summed E-state index contributed by atoms with van der Waals surface area (Å²) in [5, 5.41) is 24.6. The van der Waals surface area contributed by atoms with Gasteiger partial charge in [-0.2, -0.15) is 10.1 Å². The van der Waals surface area contributed by atoms with Gasteiger partial charge in [0.25, 0.3) is 0 Å². The molecule has 154 valence electrons. The van der Waals surface area contributed by atoms with Crippen molar-refractivity contribution in [2.24, 2.45) is 11.8 Å². The van der Waals surface area contributed by atoms with Crippen LogP contribution >= 0.6 is 0 Å². The Labute approximate surface area is 161 Å². The Bertz CT molecular complexity index is 441. The van der Waals surface area contributed by atoms with E-state index in [2.05, 4.69) is 55.4 Å². The molecule has 0 radical (unpaired) electrons. The Balaban J connectivity index is 2.00. The molecule has 2 N–H and O–H groups in total. The Morgan fingerprint density at radius 1 is 0.615 bits per heavy atom. The lowest BCUT2D eigenvalue weighted by molar-refractivity contribution is -0.222. The highest BCUT2D eigenvalue weighted by Crippen LogP contribution is 2.43.